The minimum Gasteiger partial charge on any atom is -0.393 e. The van der Waals surface area contributed by atoms with Crippen LogP contribution in [0.4, 0.5) is 0 Å². The molecule has 1 nitrogen and oxygen atoms in total. The average molecular weight is 166 g/mol. The Morgan fingerprint density at radius 3 is 2.75 bits per heavy atom. The number of rotatable bonds is 0. The van der Waals surface area contributed by atoms with Gasteiger partial charge in [0.2, 0.25) is 0 Å². The van der Waals surface area contributed by atoms with E-state index >= 15 is 0 Å². The number of hydrogen-bond donors (Lipinski definition) is 1. The number of allylic oxidation sites excluding steroid dienone is 1. The van der Waals surface area contributed by atoms with Crippen molar-refractivity contribution in [1.82, 2.24) is 0 Å². The molecule has 12 heavy (non-hydrogen) atoms. The fraction of sp³-hybridized carbons (Fsp3) is 0.818. The molecule has 0 bridgehead atoms. The molecular weight excluding hydrogens is 148 g/mol. The molecule has 2 aliphatic rings. The van der Waals surface area contributed by atoms with Crippen LogP contribution in [0.15, 0.2) is 12.2 Å². The minimum atomic E-state index is -0.0308. The fourth-order valence-electron chi connectivity index (χ4n) is 2.85. The summed E-state index contributed by atoms with van der Waals surface area (Å²) in [5.74, 6) is 1.31. The van der Waals surface area contributed by atoms with Crippen molar-refractivity contribution in [2.45, 2.75) is 44.6 Å². The van der Waals surface area contributed by atoms with E-state index in [1.54, 1.807) is 0 Å². The first-order valence-electron chi connectivity index (χ1n) is 5.12. The average Bonchev–Trinajstić information content (AvgIpc) is 2.33. The lowest BCUT2D eigenvalue weighted by Gasteiger charge is -2.20. The molecule has 0 aliphatic heterocycles. The number of hydrogen-bond acceptors (Lipinski definition) is 1. The van der Waals surface area contributed by atoms with Crippen molar-refractivity contribution in [3.63, 3.8) is 0 Å². The summed E-state index contributed by atoms with van der Waals surface area (Å²) in [5.41, 5.74) is 1.37. The van der Waals surface area contributed by atoms with Crippen molar-refractivity contribution < 1.29 is 5.11 Å². The molecule has 2 saturated carbocycles. The van der Waals surface area contributed by atoms with Crippen molar-refractivity contribution in [3.8, 4) is 0 Å². The molecule has 2 rings (SSSR count). The van der Waals surface area contributed by atoms with Gasteiger partial charge < -0.3 is 5.11 Å². The summed E-state index contributed by atoms with van der Waals surface area (Å²) >= 11 is 0. The van der Waals surface area contributed by atoms with Gasteiger partial charge in [-0.3, -0.25) is 0 Å². The molecule has 68 valence electrons. The van der Waals surface area contributed by atoms with Crippen LogP contribution in [0, 0.1) is 11.8 Å². The van der Waals surface area contributed by atoms with Gasteiger partial charge in [0.05, 0.1) is 6.10 Å². The standard InChI is InChI=1S/C11H18O/c1-8-6-9-4-2-3-5-11(12)10(9)7-8/h9-12H,1-7H2. The third-order valence-electron chi connectivity index (χ3n) is 3.50. The SMILES string of the molecule is C=C1CC2CCCCC(O)C2C1. The molecule has 0 aromatic rings. The fourth-order valence-corrected chi connectivity index (χ4v) is 2.85. The molecule has 2 aliphatic carbocycles. The maximum absolute atomic E-state index is 9.84. The van der Waals surface area contributed by atoms with E-state index in [0.29, 0.717) is 5.92 Å². The minimum absolute atomic E-state index is 0.0308. The Balaban J connectivity index is 2.09. The molecule has 1 N–H and O–H groups in total. The number of fused-ring (bicyclic) bond motifs is 1. The molecule has 2 fully saturated rings. The van der Waals surface area contributed by atoms with Crippen molar-refractivity contribution in [2.24, 2.45) is 11.8 Å². The Hall–Kier alpha value is -0.300. The van der Waals surface area contributed by atoms with Crippen LogP contribution in [0.2, 0.25) is 0 Å². The van der Waals surface area contributed by atoms with E-state index in [2.05, 4.69) is 6.58 Å². The topological polar surface area (TPSA) is 20.2 Å². The molecule has 3 unspecified atom stereocenters. The lowest BCUT2D eigenvalue weighted by atomic mass is 9.90. The largest absolute Gasteiger partial charge is 0.393 e. The zero-order chi connectivity index (χ0) is 8.55. The van der Waals surface area contributed by atoms with E-state index in [1.807, 2.05) is 0 Å². The first-order valence-corrected chi connectivity index (χ1v) is 5.12. The highest BCUT2D eigenvalue weighted by molar-refractivity contribution is 5.07. The molecule has 1 heteroatoms. The molecule has 0 spiro atoms. The Kier molecular flexibility index (Phi) is 2.22. The van der Waals surface area contributed by atoms with Crippen molar-refractivity contribution in [1.29, 1.82) is 0 Å². The van der Waals surface area contributed by atoms with Crippen LogP contribution in [-0.4, -0.2) is 11.2 Å². The van der Waals surface area contributed by atoms with Crippen LogP contribution in [0.5, 0.6) is 0 Å². The highest BCUT2D eigenvalue weighted by atomic mass is 16.3. The van der Waals surface area contributed by atoms with Gasteiger partial charge in [0, 0.05) is 0 Å². The monoisotopic (exact) mass is 166 g/mol. The van der Waals surface area contributed by atoms with Gasteiger partial charge in [-0.15, -0.1) is 0 Å². The zero-order valence-electron chi connectivity index (χ0n) is 7.63. The zero-order valence-corrected chi connectivity index (χ0v) is 7.63. The number of aliphatic hydroxyl groups excluding tert-OH is 1. The van der Waals surface area contributed by atoms with Crippen LogP contribution in [-0.2, 0) is 0 Å². The van der Waals surface area contributed by atoms with E-state index in [0.717, 1.165) is 18.8 Å². The molecular formula is C11H18O. The third kappa shape index (κ3) is 1.42. The van der Waals surface area contributed by atoms with Crippen LogP contribution in [0.25, 0.3) is 0 Å². The van der Waals surface area contributed by atoms with Crippen LogP contribution >= 0.6 is 0 Å². The molecule has 3 atom stereocenters. The molecule has 0 aromatic carbocycles. The van der Waals surface area contributed by atoms with Gasteiger partial charge in [-0.25, -0.2) is 0 Å². The van der Waals surface area contributed by atoms with E-state index in [4.69, 9.17) is 0 Å². The first-order chi connectivity index (χ1) is 5.77. The Labute approximate surface area is 74.5 Å². The normalized spacial score (nSPS) is 42.4. The van der Waals surface area contributed by atoms with Crippen molar-refractivity contribution >= 4 is 0 Å². The predicted molar refractivity (Wildman–Crippen MR) is 49.8 cm³/mol. The summed E-state index contributed by atoms with van der Waals surface area (Å²) in [6, 6.07) is 0. The first kappa shape index (κ1) is 8.31. The third-order valence-corrected chi connectivity index (χ3v) is 3.50. The molecule has 0 heterocycles. The maximum atomic E-state index is 9.84. The highest BCUT2D eigenvalue weighted by Crippen LogP contribution is 2.43. The maximum Gasteiger partial charge on any atom is 0.0574 e. The summed E-state index contributed by atoms with van der Waals surface area (Å²) in [5, 5.41) is 9.84. The summed E-state index contributed by atoms with van der Waals surface area (Å²) in [7, 11) is 0. The molecule has 0 aromatic heterocycles. The second kappa shape index (κ2) is 3.21. The highest BCUT2D eigenvalue weighted by Gasteiger charge is 2.35. The summed E-state index contributed by atoms with van der Waals surface area (Å²) < 4.78 is 0. The van der Waals surface area contributed by atoms with Gasteiger partial charge in [-0.05, 0) is 37.5 Å². The van der Waals surface area contributed by atoms with Crippen molar-refractivity contribution in [3.05, 3.63) is 12.2 Å². The molecule has 0 amide bonds. The second-order valence-corrected chi connectivity index (χ2v) is 4.43. The second-order valence-electron chi connectivity index (χ2n) is 4.43. The Morgan fingerprint density at radius 2 is 1.92 bits per heavy atom. The van der Waals surface area contributed by atoms with E-state index in [-0.39, 0.29) is 6.10 Å². The van der Waals surface area contributed by atoms with Gasteiger partial charge in [0.25, 0.3) is 0 Å². The van der Waals surface area contributed by atoms with Gasteiger partial charge in [-0.1, -0.05) is 25.0 Å². The van der Waals surface area contributed by atoms with Gasteiger partial charge >= 0.3 is 0 Å². The smallest absolute Gasteiger partial charge is 0.0574 e. The van der Waals surface area contributed by atoms with E-state index in [9.17, 15) is 5.11 Å². The summed E-state index contributed by atoms with van der Waals surface area (Å²) in [6.45, 7) is 4.03. The van der Waals surface area contributed by atoms with Crippen molar-refractivity contribution in [2.75, 3.05) is 0 Å². The van der Waals surface area contributed by atoms with E-state index in [1.165, 1.54) is 31.3 Å². The molecule has 0 radical (unpaired) electrons. The summed E-state index contributed by atoms with van der Waals surface area (Å²) in [4.78, 5) is 0. The predicted octanol–water partition coefficient (Wildman–Crippen LogP) is 2.50. The number of aliphatic hydroxyl groups is 1. The van der Waals surface area contributed by atoms with E-state index < -0.39 is 0 Å². The van der Waals surface area contributed by atoms with Gasteiger partial charge in [0.1, 0.15) is 0 Å². The van der Waals surface area contributed by atoms with Crippen LogP contribution in [0.1, 0.15) is 38.5 Å². The molecule has 0 saturated heterocycles. The lowest BCUT2D eigenvalue weighted by molar-refractivity contribution is 0.0872. The Morgan fingerprint density at radius 1 is 1.17 bits per heavy atom. The van der Waals surface area contributed by atoms with Gasteiger partial charge in [-0.2, -0.15) is 0 Å². The Bertz CT molecular complexity index is 185. The lowest BCUT2D eigenvalue weighted by Crippen LogP contribution is -2.21. The summed E-state index contributed by atoms with van der Waals surface area (Å²) in [6.07, 6.45) is 7.12. The quantitative estimate of drug-likeness (QED) is 0.548. The van der Waals surface area contributed by atoms with Crippen LogP contribution in [0.3, 0.4) is 0 Å². The van der Waals surface area contributed by atoms with Gasteiger partial charge in [0.15, 0.2) is 0 Å². The van der Waals surface area contributed by atoms with Crippen LogP contribution < -0.4 is 0 Å².